The molecule has 3 rings (SSSR count). The fraction of sp³-hybridized carbons (Fsp3) is 0.333. The van der Waals surface area contributed by atoms with Crippen LogP contribution in [0, 0.1) is 25.7 Å². The molecule has 1 aliphatic rings. The van der Waals surface area contributed by atoms with Crippen molar-refractivity contribution >= 4 is 23.2 Å². The number of hydrogen-bond acceptors (Lipinski definition) is 2. The molecule has 0 aromatic heterocycles. The fourth-order valence-corrected chi connectivity index (χ4v) is 3.76. The summed E-state index contributed by atoms with van der Waals surface area (Å²) in [6.45, 7) is 12.0. The van der Waals surface area contributed by atoms with Crippen molar-refractivity contribution in [3.63, 3.8) is 0 Å². The van der Waals surface area contributed by atoms with Crippen molar-refractivity contribution in [2.24, 2.45) is 11.8 Å². The van der Waals surface area contributed by atoms with E-state index in [0.29, 0.717) is 5.57 Å². The maximum absolute atomic E-state index is 12.8. The van der Waals surface area contributed by atoms with Gasteiger partial charge in [-0.15, -0.1) is 0 Å². The molecule has 0 unspecified atom stereocenters. The number of carbonyl (C=O) groups is 2. The molecule has 2 atom stereocenters. The Balaban J connectivity index is 1.73. The minimum atomic E-state index is -0.474. The van der Waals surface area contributed by atoms with E-state index < -0.39 is 11.8 Å². The van der Waals surface area contributed by atoms with Crippen LogP contribution in [0.25, 0.3) is 0 Å². The quantitative estimate of drug-likeness (QED) is 0.711. The molecule has 0 bridgehead atoms. The minimum Gasteiger partial charge on any atom is -0.325 e. The molecule has 0 radical (unpaired) electrons. The third-order valence-corrected chi connectivity index (χ3v) is 5.56. The van der Waals surface area contributed by atoms with Crippen molar-refractivity contribution in [3.8, 4) is 0 Å². The van der Waals surface area contributed by atoms with Crippen molar-refractivity contribution in [1.29, 1.82) is 0 Å². The zero-order chi connectivity index (χ0) is 20.4. The van der Waals surface area contributed by atoms with Crippen LogP contribution in [0.5, 0.6) is 0 Å². The van der Waals surface area contributed by atoms with E-state index in [1.54, 1.807) is 0 Å². The first-order valence-corrected chi connectivity index (χ1v) is 9.86. The second kappa shape index (κ2) is 8.01. The van der Waals surface area contributed by atoms with E-state index in [-0.39, 0.29) is 11.8 Å². The van der Waals surface area contributed by atoms with Crippen LogP contribution < -0.4 is 10.6 Å². The van der Waals surface area contributed by atoms with E-state index in [0.717, 1.165) is 46.5 Å². The zero-order valence-corrected chi connectivity index (χ0v) is 17.1. The van der Waals surface area contributed by atoms with E-state index in [1.165, 1.54) is 0 Å². The van der Waals surface area contributed by atoms with Crippen LogP contribution in [0.3, 0.4) is 0 Å². The normalized spacial score (nSPS) is 17.9. The van der Waals surface area contributed by atoms with Crippen LogP contribution in [0.15, 0.2) is 48.6 Å². The molecule has 1 saturated carbocycles. The van der Waals surface area contributed by atoms with E-state index in [9.17, 15) is 9.59 Å². The lowest BCUT2D eigenvalue weighted by Gasteiger charge is -2.14. The van der Waals surface area contributed by atoms with Gasteiger partial charge in [-0.2, -0.15) is 0 Å². The maximum Gasteiger partial charge on any atom is 0.232 e. The van der Waals surface area contributed by atoms with Crippen LogP contribution in [0.1, 0.15) is 36.1 Å². The number of amides is 2. The van der Waals surface area contributed by atoms with E-state index >= 15 is 0 Å². The number of aryl methyl sites for hydroxylation is 4. The summed E-state index contributed by atoms with van der Waals surface area (Å²) < 4.78 is 0. The SMILES string of the molecule is C=C1[C@@H](C(=O)Nc2c(C)cccc2CC)[C@@H]1C(=O)Nc1c(C)cccc1CC. The van der Waals surface area contributed by atoms with Gasteiger partial charge in [0.1, 0.15) is 0 Å². The Hall–Kier alpha value is -2.88. The highest BCUT2D eigenvalue weighted by atomic mass is 16.2. The Labute approximate surface area is 167 Å². The monoisotopic (exact) mass is 376 g/mol. The molecule has 0 spiro atoms. The Morgan fingerprint density at radius 2 is 1.21 bits per heavy atom. The number of para-hydroxylation sites is 2. The van der Waals surface area contributed by atoms with Crippen LogP contribution >= 0.6 is 0 Å². The van der Waals surface area contributed by atoms with Crippen molar-refractivity contribution in [2.75, 3.05) is 10.6 Å². The van der Waals surface area contributed by atoms with E-state index in [4.69, 9.17) is 0 Å². The Bertz CT molecular complexity index is 870. The van der Waals surface area contributed by atoms with Crippen LogP contribution in [-0.4, -0.2) is 11.8 Å². The summed E-state index contributed by atoms with van der Waals surface area (Å²) in [7, 11) is 0. The van der Waals surface area contributed by atoms with Gasteiger partial charge in [-0.05, 0) is 48.9 Å². The molecule has 2 amide bonds. The van der Waals surface area contributed by atoms with Crippen molar-refractivity contribution in [2.45, 2.75) is 40.5 Å². The molecule has 4 nitrogen and oxygen atoms in total. The topological polar surface area (TPSA) is 58.2 Å². The predicted molar refractivity (Wildman–Crippen MR) is 114 cm³/mol. The summed E-state index contributed by atoms with van der Waals surface area (Å²) >= 11 is 0. The van der Waals surface area contributed by atoms with Gasteiger partial charge in [0.15, 0.2) is 0 Å². The van der Waals surface area contributed by atoms with Gasteiger partial charge in [-0.25, -0.2) is 0 Å². The lowest BCUT2D eigenvalue weighted by Crippen LogP contribution is -2.22. The van der Waals surface area contributed by atoms with Gasteiger partial charge in [0.2, 0.25) is 11.8 Å². The summed E-state index contributed by atoms with van der Waals surface area (Å²) in [5.74, 6) is -1.26. The standard InChI is InChI=1S/C24H28N2O2/c1-6-17-12-8-10-14(3)21(17)25-23(27)19-16(5)20(19)24(28)26-22-15(4)11-9-13-18(22)7-2/h8-13,19-20H,5-7H2,1-4H3,(H,25,27)(H,26,28)/t19-,20-/m1/s1. The summed E-state index contributed by atoms with van der Waals surface area (Å²) in [6.07, 6.45) is 1.67. The molecule has 2 aromatic rings. The molecule has 28 heavy (non-hydrogen) atoms. The summed E-state index contributed by atoms with van der Waals surface area (Å²) in [5, 5.41) is 6.05. The molecule has 2 N–H and O–H groups in total. The Kier molecular flexibility index (Phi) is 5.68. The van der Waals surface area contributed by atoms with Crippen molar-refractivity contribution < 1.29 is 9.59 Å². The number of nitrogens with one attached hydrogen (secondary N) is 2. The maximum atomic E-state index is 12.8. The second-order valence-corrected chi connectivity index (χ2v) is 7.43. The highest BCUT2D eigenvalue weighted by Gasteiger charge is 2.52. The first-order valence-electron chi connectivity index (χ1n) is 9.86. The lowest BCUT2D eigenvalue weighted by atomic mass is 10.1. The molecule has 0 saturated heterocycles. The molecular formula is C24H28N2O2. The molecule has 146 valence electrons. The summed E-state index contributed by atoms with van der Waals surface area (Å²) in [4.78, 5) is 25.6. The van der Waals surface area contributed by atoms with Crippen molar-refractivity contribution in [3.05, 3.63) is 70.8 Å². The van der Waals surface area contributed by atoms with Gasteiger partial charge in [0.25, 0.3) is 0 Å². The van der Waals surface area contributed by atoms with Gasteiger partial charge in [0.05, 0.1) is 11.8 Å². The molecule has 1 aliphatic carbocycles. The molecule has 0 heterocycles. The van der Waals surface area contributed by atoms with Crippen molar-refractivity contribution in [1.82, 2.24) is 0 Å². The third-order valence-electron chi connectivity index (χ3n) is 5.56. The number of benzene rings is 2. The van der Waals surface area contributed by atoms with Gasteiger partial charge in [-0.1, -0.05) is 62.4 Å². The van der Waals surface area contributed by atoms with E-state index in [2.05, 4.69) is 31.1 Å². The largest absolute Gasteiger partial charge is 0.325 e. The highest BCUT2D eigenvalue weighted by molar-refractivity contribution is 6.08. The number of anilines is 2. The smallest absolute Gasteiger partial charge is 0.232 e. The lowest BCUT2D eigenvalue weighted by molar-refractivity contribution is -0.122. The minimum absolute atomic E-state index is 0.158. The number of rotatable bonds is 6. The summed E-state index contributed by atoms with van der Waals surface area (Å²) in [5.41, 5.74) is 6.59. The first-order chi connectivity index (χ1) is 13.4. The van der Waals surface area contributed by atoms with Gasteiger partial charge in [0, 0.05) is 11.4 Å². The fourth-order valence-electron chi connectivity index (χ4n) is 3.76. The summed E-state index contributed by atoms with van der Waals surface area (Å²) in [6, 6.07) is 12.0. The highest BCUT2D eigenvalue weighted by Crippen LogP contribution is 2.46. The van der Waals surface area contributed by atoms with Gasteiger partial charge >= 0.3 is 0 Å². The van der Waals surface area contributed by atoms with Crippen LogP contribution in [-0.2, 0) is 22.4 Å². The van der Waals surface area contributed by atoms with Crippen LogP contribution in [0.4, 0.5) is 11.4 Å². The first kappa shape index (κ1) is 19.9. The third kappa shape index (κ3) is 3.72. The number of hydrogen-bond donors (Lipinski definition) is 2. The molecule has 1 fully saturated rings. The predicted octanol–water partition coefficient (Wildman–Crippen LogP) is 4.81. The Morgan fingerprint density at radius 1 is 0.821 bits per heavy atom. The van der Waals surface area contributed by atoms with Gasteiger partial charge < -0.3 is 10.6 Å². The number of carbonyl (C=O) groups excluding carboxylic acids is 2. The second-order valence-electron chi connectivity index (χ2n) is 7.43. The van der Waals surface area contributed by atoms with Gasteiger partial charge in [-0.3, -0.25) is 9.59 Å². The molecular weight excluding hydrogens is 348 g/mol. The average molecular weight is 377 g/mol. The Morgan fingerprint density at radius 3 is 1.57 bits per heavy atom. The molecule has 0 aliphatic heterocycles. The molecule has 2 aromatic carbocycles. The average Bonchev–Trinajstić information content (AvgIpc) is 3.36. The zero-order valence-electron chi connectivity index (χ0n) is 17.1. The van der Waals surface area contributed by atoms with Crippen LogP contribution in [0.2, 0.25) is 0 Å². The van der Waals surface area contributed by atoms with E-state index in [1.807, 2.05) is 50.2 Å². The molecule has 4 heteroatoms.